The van der Waals surface area contributed by atoms with Gasteiger partial charge in [-0.15, -0.1) is 35.0 Å². The lowest BCUT2D eigenvalue weighted by Crippen LogP contribution is -2.37. The number of aromatic nitrogens is 3. The first kappa shape index (κ1) is 19.7. The average Bonchev–Trinajstić information content (AvgIpc) is 2.78. The summed E-state index contributed by atoms with van der Waals surface area (Å²) < 4.78 is 2.16. The van der Waals surface area contributed by atoms with E-state index in [1.807, 2.05) is 13.3 Å². The SMILES string of the molecule is Cc1nncn1CCN1CCCC2(CCNCC2)CC1.Cl.Cl. The number of piperidine rings is 1. The number of rotatable bonds is 3. The van der Waals surface area contributed by atoms with E-state index in [1.54, 1.807) is 0 Å². The highest BCUT2D eigenvalue weighted by atomic mass is 35.5. The van der Waals surface area contributed by atoms with Crippen molar-refractivity contribution in [1.29, 1.82) is 0 Å². The lowest BCUT2D eigenvalue weighted by atomic mass is 9.73. The molecule has 2 fully saturated rings. The van der Waals surface area contributed by atoms with E-state index in [1.165, 1.54) is 58.3 Å². The first-order valence-electron chi connectivity index (χ1n) is 8.05. The zero-order chi connectivity index (χ0) is 13.8. The molecule has 1 aromatic rings. The number of hydrogen-bond acceptors (Lipinski definition) is 4. The molecule has 1 spiro atoms. The average molecular weight is 350 g/mol. The summed E-state index contributed by atoms with van der Waals surface area (Å²) in [5.74, 6) is 1.02. The second-order valence-corrected chi connectivity index (χ2v) is 6.52. The summed E-state index contributed by atoms with van der Waals surface area (Å²) in [5.41, 5.74) is 0.645. The molecule has 3 rings (SSSR count). The van der Waals surface area contributed by atoms with Gasteiger partial charge in [0.25, 0.3) is 0 Å². The Hall–Kier alpha value is -0.360. The van der Waals surface area contributed by atoms with Gasteiger partial charge in [0.15, 0.2) is 0 Å². The molecule has 0 amide bonds. The van der Waals surface area contributed by atoms with Gasteiger partial charge in [0, 0.05) is 13.1 Å². The van der Waals surface area contributed by atoms with Crippen LogP contribution < -0.4 is 5.32 Å². The number of nitrogens with zero attached hydrogens (tertiary/aromatic N) is 4. The standard InChI is InChI=1S/C15H27N5.2ClH/c1-14-18-17-13-20(14)12-11-19-9-2-3-15(6-10-19)4-7-16-8-5-15;;/h13,16H,2-12H2,1H3;2*1H. The first-order chi connectivity index (χ1) is 9.77. The van der Waals surface area contributed by atoms with Crippen LogP contribution in [0.3, 0.4) is 0 Å². The van der Waals surface area contributed by atoms with Gasteiger partial charge < -0.3 is 14.8 Å². The molecule has 0 saturated carbocycles. The van der Waals surface area contributed by atoms with Gasteiger partial charge in [0.2, 0.25) is 0 Å². The third-order valence-corrected chi connectivity index (χ3v) is 5.27. The molecule has 0 aliphatic carbocycles. The Balaban J connectivity index is 0.00000121. The maximum absolute atomic E-state index is 4.05. The summed E-state index contributed by atoms with van der Waals surface area (Å²) in [6.45, 7) is 9.15. The van der Waals surface area contributed by atoms with Crippen LogP contribution in [0.15, 0.2) is 6.33 Å². The second-order valence-electron chi connectivity index (χ2n) is 6.52. The Bertz CT molecular complexity index is 431. The van der Waals surface area contributed by atoms with Crippen LogP contribution in [0.5, 0.6) is 0 Å². The highest BCUT2D eigenvalue weighted by molar-refractivity contribution is 5.85. The molecule has 0 atom stereocenters. The predicted octanol–water partition coefficient (Wildman–Crippen LogP) is 2.29. The Morgan fingerprint density at radius 1 is 1.09 bits per heavy atom. The van der Waals surface area contributed by atoms with Gasteiger partial charge in [0.1, 0.15) is 12.2 Å². The molecule has 3 heterocycles. The molecule has 128 valence electrons. The van der Waals surface area contributed by atoms with Crippen molar-refractivity contribution in [3.8, 4) is 0 Å². The van der Waals surface area contributed by atoms with E-state index in [9.17, 15) is 0 Å². The maximum Gasteiger partial charge on any atom is 0.129 e. The normalized spacial score (nSPS) is 21.7. The first-order valence-corrected chi connectivity index (χ1v) is 8.05. The molecule has 1 aromatic heterocycles. The van der Waals surface area contributed by atoms with Crippen LogP contribution in [-0.2, 0) is 6.54 Å². The van der Waals surface area contributed by atoms with Crippen LogP contribution in [0.1, 0.15) is 37.9 Å². The van der Waals surface area contributed by atoms with E-state index >= 15 is 0 Å². The predicted molar refractivity (Wildman–Crippen MR) is 94.1 cm³/mol. The van der Waals surface area contributed by atoms with Gasteiger partial charge in [-0.05, 0) is 70.6 Å². The van der Waals surface area contributed by atoms with Crippen LogP contribution in [0.25, 0.3) is 0 Å². The van der Waals surface area contributed by atoms with Gasteiger partial charge in [-0.1, -0.05) is 0 Å². The molecule has 0 radical (unpaired) electrons. The smallest absolute Gasteiger partial charge is 0.129 e. The Kier molecular flexibility index (Phi) is 8.11. The summed E-state index contributed by atoms with van der Waals surface area (Å²) in [6.07, 6.45) is 8.78. The van der Waals surface area contributed by atoms with Crippen molar-refractivity contribution < 1.29 is 0 Å². The molecule has 7 heteroatoms. The van der Waals surface area contributed by atoms with Gasteiger partial charge >= 0.3 is 0 Å². The van der Waals surface area contributed by atoms with Crippen LogP contribution in [-0.4, -0.2) is 52.4 Å². The van der Waals surface area contributed by atoms with E-state index in [4.69, 9.17) is 0 Å². The van der Waals surface area contributed by atoms with E-state index in [0.717, 1.165) is 18.9 Å². The fraction of sp³-hybridized carbons (Fsp3) is 0.867. The van der Waals surface area contributed by atoms with Crippen molar-refractivity contribution in [2.75, 3.05) is 32.7 Å². The third kappa shape index (κ3) is 4.82. The van der Waals surface area contributed by atoms with Crippen molar-refractivity contribution in [2.24, 2.45) is 5.41 Å². The van der Waals surface area contributed by atoms with E-state index in [-0.39, 0.29) is 24.8 Å². The lowest BCUT2D eigenvalue weighted by molar-refractivity contribution is 0.167. The summed E-state index contributed by atoms with van der Waals surface area (Å²) in [7, 11) is 0. The second kappa shape index (κ2) is 9.06. The van der Waals surface area contributed by atoms with E-state index < -0.39 is 0 Å². The monoisotopic (exact) mass is 349 g/mol. The zero-order valence-corrected chi connectivity index (χ0v) is 15.1. The summed E-state index contributed by atoms with van der Waals surface area (Å²) in [6, 6.07) is 0. The maximum atomic E-state index is 4.05. The molecule has 1 N–H and O–H groups in total. The summed E-state index contributed by atoms with van der Waals surface area (Å²) in [5, 5.41) is 11.5. The molecule has 2 aliphatic heterocycles. The Labute approximate surface area is 146 Å². The van der Waals surface area contributed by atoms with E-state index in [2.05, 4.69) is 25.0 Å². The highest BCUT2D eigenvalue weighted by Crippen LogP contribution is 2.39. The number of aryl methyl sites for hydroxylation is 1. The van der Waals surface area contributed by atoms with Crippen molar-refractivity contribution in [2.45, 2.75) is 45.6 Å². The fourth-order valence-electron chi connectivity index (χ4n) is 3.77. The molecule has 2 saturated heterocycles. The van der Waals surface area contributed by atoms with Crippen LogP contribution in [0, 0.1) is 12.3 Å². The van der Waals surface area contributed by atoms with Crippen LogP contribution in [0.2, 0.25) is 0 Å². The minimum absolute atomic E-state index is 0. The largest absolute Gasteiger partial charge is 0.317 e. The van der Waals surface area contributed by atoms with Crippen LogP contribution >= 0.6 is 24.8 Å². The zero-order valence-electron chi connectivity index (χ0n) is 13.5. The van der Waals surface area contributed by atoms with Gasteiger partial charge in [-0.2, -0.15) is 0 Å². The van der Waals surface area contributed by atoms with Crippen molar-refractivity contribution in [1.82, 2.24) is 25.0 Å². The van der Waals surface area contributed by atoms with Crippen molar-refractivity contribution >= 4 is 24.8 Å². The molecule has 5 nitrogen and oxygen atoms in total. The number of hydrogen-bond donors (Lipinski definition) is 1. The van der Waals surface area contributed by atoms with E-state index in [0.29, 0.717) is 5.41 Å². The fourth-order valence-corrected chi connectivity index (χ4v) is 3.77. The molecular formula is C15H29Cl2N5. The van der Waals surface area contributed by atoms with Gasteiger partial charge in [-0.25, -0.2) is 0 Å². The molecule has 2 aliphatic rings. The highest BCUT2D eigenvalue weighted by Gasteiger charge is 2.33. The Morgan fingerprint density at radius 2 is 1.86 bits per heavy atom. The molecular weight excluding hydrogens is 321 g/mol. The number of likely N-dealkylation sites (tertiary alicyclic amines) is 1. The molecule has 22 heavy (non-hydrogen) atoms. The van der Waals surface area contributed by atoms with Gasteiger partial charge in [0.05, 0.1) is 0 Å². The third-order valence-electron chi connectivity index (χ3n) is 5.27. The Morgan fingerprint density at radius 3 is 2.55 bits per heavy atom. The summed E-state index contributed by atoms with van der Waals surface area (Å²) in [4.78, 5) is 2.64. The minimum Gasteiger partial charge on any atom is -0.317 e. The quantitative estimate of drug-likeness (QED) is 0.909. The summed E-state index contributed by atoms with van der Waals surface area (Å²) >= 11 is 0. The minimum atomic E-state index is 0. The number of halogens is 2. The molecule has 0 unspecified atom stereocenters. The van der Waals surface area contributed by atoms with Gasteiger partial charge in [-0.3, -0.25) is 0 Å². The molecule has 0 bridgehead atoms. The van der Waals surface area contributed by atoms with Crippen molar-refractivity contribution in [3.63, 3.8) is 0 Å². The van der Waals surface area contributed by atoms with Crippen LogP contribution in [0.4, 0.5) is 0 Å². The topological polar surface area (TPSA) is 46.0 Å². The number of nitrogens with one attached hydrogen (secondary N) is 1. The van der Waals surface area contributed by atoms with Crippen molar-refractivity contribution in [3.05, 3.63) is 12.2 Å². The molecule has 0 aromatic carbocycles. The lowest BCUT2D eigenvalue weighted by Gasteiger charge is -2.37.